The largest absolute Gasteiger partial charge is 0.459 e. The van der Waals surface area contributed by atoms with Crippen molar-refractivity contribution in [3.05, 3.63) is 11.6 Å². The minimum atomic E-state index is -1.91. The second kappa shape index (κ2) is 5.92. The summed E-state index contributed by atoms with van der Waals surface area (Å²) < 4.78 is 6.03. The fourth-order valence-electron chi connectivity index (χ4n) is 3.74. The molecule has 2 rings (SSSR count). The molecule has 2 heterocycles. The van der Waals surface area contributed by atoms with Gasteiger partial charge in [0.2, 0.25) is 0 Å². The van der Waals surface area contributed by atoms with Gasteiger partial charge in [0.05, 0.1) is 26.2 Å². The zero-order valence-electron chi connectivity index (χ0n) is 13.8. The molecule has 0 aromatic carbocycles. The van der Waals surface area contributed by atoms with E-state index in [-0.39, 0.29) is 12.6 Å². The number of hydrogen-bond donors (Lipinski definition) is 3. The van der Waals surface area contributed by atoms with Crippen LogP contribution in [-0.4, -0.2) is 76.4 Å². The number of fused-ring (bicyclic) bond motifs is 1. The number of esters is 1. The van der Waals surface area contributed by atoms with Gasteiger partial charge >= 0.3 is 5.97 Å². The third-order valence-corrected chi connectivity index (χ3v) is 5.34. The Kier molecular flexibility index (Phi) is 4.69. The van der Waals surface area contributed by atoms with E-state index in [1.807, 2.05) is 6.08 Å². The van der Waals surface area contributed by atoms with Crippen LogP contribution in [0.3, 0.4) is 0 Å². The number of nitrogens with zero attached hydrogens (tertiary/aromatic N) is 1. The van der Waals surface area contributed by atoms with E-state index in [0.717, 1.165) is 29.6 Å². The Labute approximate surface area is 131 Å². The summed E-state index contributed by atoms with van der Waals surface area (Å²) in [5.74, 6) is -1.28. The minimum absolute atomic E-state index is 0.0357. The Morgan fingerprint density at radius 3 is 2.68 bits per heavy atom. The van der Waals surface area contributed by atoms with E-state index in [9.17, 15) is 20.1 Å². The lowest BCUT2D eigenvalue weighted by molar-refractivity contribution is -0.906. The predicted octanol–water partition coefficient (Wildman–Crippen LogP) is -0.183. The van der Waals surface area contributed by atoms with Gasteiger partial charge in [0.25, 0.3) is 0 Å². The van der Waals surface area contributed by atoms with Crippen molar-refractivity contribution in [2.24, 2.45) is 5.92 Å². The van der Waals surface area contributed by atoms with Crippen molar-refractivity contribution < 1.29 is 29.3 Å². The van der Waals surface area contributed by atoms with Gasteiger partial charge in [0.15, 0.2) is 5.60 Å². The lowest BCUT2D eigenvalue weighted by atomic mass is 9.85. The molecule has 3 N–H and O–H groups in total. The highest BCUT2D eigenvalue weighted by Crippen LogP contribution is 2.35. The van der Waals surface area contributed by atoms with E-state index in [1.54, 1.807) is 13.8 Å². The predicted molar refractivity (Wildman–Crippen MR) is 80.8 cm³/mol. The highest BCUT2D eigenvalue weighted by molar-refractivity contribution is 5.80. The molecule has 0 spiro atoms. The van der Waals surface area contributed by atoms with Gasteiger partial charge in [-0.2, -0.15) is 0 Å². The van der Waals surface area contributed by atoms with Crippen molar-refractivity contribution in [2.75, 3.05) is 26.7 Å². The molecule has 1 fully saturated rings. The van der Waals surface area contributed by atoms with Gasteiger partial charge in [-0.3, -0.25) is 0 Å². The summed E-state index contributed by atoms with van der Waals surface area (Å²) in [7, 11) is 2.09. The van der Waals surface area contributed by atoms with Crippen LogP contribution in [0.4, 0.5) is 0 Å². The van der Waals surface area contributed by atoms with Crippen LogP contribution in [0.2, 0.25) is 0 Å². The molecular formula is C16H28NO5+. The first-order chi connectivity index (χ1) is 10.1. The van der Waals surface area contributed by atoms with Gasteiger partial charge in [-0.05, 0) is 18.9 Å². The molecule has 22 heavy (non-hydrogen) atoms. The number of ether oxygens (including phenoxy) is 1. The maximum absolute atomic E-state index is 12.2. The SMILES string of the molecule is CC(C)[C@@](O)(C(=O)OCC1=CC[N@@+]2(C)CC[C@H](O)[C@@H]12)[C@@H](C)O. The average molecular weight is 314 g/mol. The molecule has 2 aliphatic rings. The minimum Gasteiger partial charge on any atom is -0.459 e. The molecule has 0 radical (unpaired) electrons. The summed E-state index contributed by atoms with van der Waals surface area (Å²) in [4.78, 5) is 12.2. The first kappa shape index (κ1) is 17.4. The van der Waals surface area contributed by atoms with Gasteiger partial charge < -0.3 is 24.5 Å². The Bertz CT molecular complexity index is 465. The van der Waals surface area contributed by atoms with E-state index in [4.69, 9.17) is 4.74 Å². The number of carbonyl (C=O) groups is 1. The Hall–Kier alpha value is -0.950. The fraction of sp³-hybridized carbons (Fsp3) is 0.812. The number of carbonyl (C=O) groups excluding carboxylic acids is 1. The van der Waals surface area contributed by atoms with Crippen LogP contribution >= 0.6 is 0 Å². The first-order valence-corrected chi connectivity index (χ1v) is 7.91. The van der Waals surface area contributed by atoms with Crippen LogP contribution in [0, 0.1) is 5.92 Å². The van der Waals surface area contributed by atoms with Crippen molar-refractivity contribution in [3.8, 4) is 0 Å². The van der Waals surface area contributed by atoms with E-state index in [1.165, 1.54) is 6.92 Å². The molecule has 0 amide bonds. The highest BCUT2D eigenvalue weighted by atomic mass is 16.6. The lowest BCUT2D eigenvalue weighted by Crippen LogP contribution is -2.54. The number of quaternary nitrogens is 1. The number of rotatable bonds is 5. The summed E-state index contributed by atoms with van der Waals surface area (Å²) in [6.07, 6.45) is 1.13. The molecule has 2 aliphatic heterocycles. The van der Waals surface area contributed by atoms with E-state index in [2.05, 4.69) is 7.05 Å². The molecule has 0 aliphatic carbocycles. The van der Waals surface area contributed by atoms with Crippen LogP contribution in [0.15, 0.2) is 11.6 Å². The summed E-state index contributed by atoms with van der Waals surface area (Å²) in [6.45, 7) is 6.48. The molecule has 0 bridgehead atoms. The molecule has 0 saturated carbocycles. The Balaban J connectivity index is 2.03. The van der Waals surface area contributed by atoms with Crippen LogP contribution in [0.1, 0.15) is 27.2 Å². The molecule has 6 heteroatoms. The standard InChI is InChI=1S/C16H28NO5/c1-10(2)16(21,11(3)18)15(20)22-9-12-5-7-17(4)8-6-13(19)14(12)17/h5,10-11,13-14,18-19,21H,6-9H2,1-4H3/q+1/t11-,13+,14-,16+,17+/m1/s1. The Morgan fingerprint density at radius 2 is 2.14 bits per heavy atom. The topological polar surface area (TPSA) is 87.0 Å². The number of aliphatic hydroxyl groups excluding tert-OH is 2. The van der Waals surface area contributed by atoms with Gasteiger partial charge in [-0.1, -0.05) is 13.8 Å². The summed E-state index contributed by atoms with van der Waals surface area (Å²) in [5, 5.41) is 30.3. The molecule has 6 nitrogen and oxygen atoms in total. The van der Waals surface area contributed by atoms with Gasteiger partial charge in [0, 0.05) is 12.0 Å². The van der Waals surface area contributed by atoms with Crippen LogP contribution < -0.4 is 0 Å². The van der Waals surface area contributed by atoms with Gasteiger partial charge in [-0.25, -0.2) is 4.79 Å². The maximum atomic E-state index is 12.2. The third kappa shape index (κ3) is 2.69. The second-order valence-electron chi connectivity index (χ2n) is 7.20. The zero-order valence-corrected chi connectivity index (χ0v) is 13.8. The average Bonchev–Trinajstić information content (AvgIpc) is 2.92. The summed E-state index contributed by atoms with van der Waals surface area (Å²) >= 11 is 0. The quantitative estimate of drug-likeness (QED) is 0.372. The summed E-state index contributed by atoms with van der Waals surface area (Å²) in [5.41, 5.74) is -1.01. The van der Waals surface area contributed by atoms with Gasteiger partial charge in [0.1, 0.15) is 18.8 Å². The molecule has 126 valence electrons. The van der Waals surface area contributed by atoms with Crippen molar-refractivity contribution >= 4 is 5.97 Å². The molecular weight excluding hydrogens is 286 g/mol. The van der Waals surface area contributed by atoms with E-state index in [0.29, 0.717) is 0 Å². The molecule has 5 atom stereocenters. The van der Waals surface area contributed by atoms with Crippen LogP contribution in [0.25, 0.3) is 0 Å². The zero-order chi connectivity index (χ0) is 16.7. The molecule has 0 unspecified atom stereocenters. The van der Waals surface area contributed by atoms with Crippen molar-refractivity contribution in [1.29, 1.82) is 0 Å². The third-order valence-electron chi connectivity index (χ3n) is 5.34. The normalized spacial score (nSPS) is 35.0. The smallest absolute Gasteiger partial charge is 0.341 e. The number of likely N-dealkylation sites (N-methyl/N-ethyl adjacent to an activating group) is 1. The van der Waals surface area contributed by atoms with Crippen molar-refractivity contribution in [1.82, 2.24) is 0 Å². The van der Waals surface area contributed by atoms with Crippen LogP contribution in [-0.2, 0) is 9.53 Å². The first-order valence-electron chi connectivity index (χ1n) is 7.91. The van der Waals surface area contributed by atoms with E-state index < -0.39 is 29.7 Å². The number of hydrogen-bond acceptors (Lipinski definition) is 5. The molecule has 0 aromatic heterocycles. The van der Waals surface area contributed by atoms with Gasteiger partial charge in [-0.15, -0.1) is 0 Å². The Morgan fingerprint density at radius 1 is 1.50 bits per heavy atom. The summed E-state index contributed by atoms with van der Waals surface area (Å²) in [6, 6.07) is -0.0357. The maximum Gasteiger partial charge on any atom is 0.341 e. The fourth-order valence-corrected chi connectivity index (χ4v) is 3.74. The highest BCUT2D eigenvalue weighted by Gasteiger charge is 2.51. The second-order valence-corrected chi connectivity index (χ2v) is 7.20. The van der Waals surface area contributed by atoms with E-state index >= 15 is 0 Å². The molecule has 1 saturated heterocycles. The molecule has 0 aromatic rings. The lowest BCUT2D eigenvalue weighted by Gasteiger charge is -2.33. The number of aliphatic hydroxyl groups is 3. The monoisotopic (exact) mass is 314 g/mol. The van der Waals surface area contributed by atoms with Crippen molar-refractivity contribution in [2.45, 2.75) is 51.0 Å². The van der Waals surface area contributed by atoms with Crippen LogP contribution in [0.5, 0.6) is 0 Å². The van der Waals surface area contributed by atoms with Crippen molar-refractivity contribution in [3.63, 3.8) is 0 Å².